The van der Waals surface area contributed by atoms with Crippen LogP contribution >= 0.6 is 0 Å². The second-order valence-electron chi connectivity index (χ2n) is 3.18. The summed E-state index contributed by atoms with van der Waals surface area (Å²) in [6.07, 6.45) is 1.89. The molecule has 0 aromatic heterocycles. The van der Waals surface area contributed by atoms with Crippen molar-refractivity contribution in [3.8, 4) is 5.75 Å². The van der Waals surface area contributed by atoms with Crippen LogP contribution in [0.1, 0.15) is 18.9 Å². The number of hydrogen-bond acceptors (Lipinski definition) is 2. The Morgan fingerprint density at radius 2 is 2.08 bits per heavy atom. The highest BCUT2D eigenvalue weighted by Gasteiger charge is 2.05. The van der Waals surface area contributed by atoms with Gasteiger partial charge in [0.25, 0.3) is 0 Å². The smallest absolute Gasteiger partial charge is 0.122 e. The largest absolute Gasteiger partial charge is 0.496 e. The Morgan fingerprint density at radius 3 is 2.69 bits per heavy atom. The highest BCUT2D eigenvalue weighted by atomic mass is 16.5. The third-order valence-corrected chi connectivity index (χ3v) is 2.20. The Labute approximate surface area is 79.7 Å². The summed E-state index contributed by atoms with van der Waals surface area (Å²) in [6, 6.07) is 8.25. The second kappa shape index (κ2) is 4.87. The first-order valence-electron chi connectivity index (χ1n) is 4.65. The van der Waals surface area contributed by atoms with Crippen LogP contribution < -0.4 is 10.5 Å². The van der Waals surface area contributed by atoms with Crippen molar-refractivity contribution in [2.75, 3.05) is 7.11 Å². The van der Waals surface area contributed by atoms with Crippen molar-refractivity contribution in [2.24, 2.45) is 5.73 Å². The molecule has 0 fully saturated rings. The van der Waals surface area contributed by atoms with E-state index < -0.39 is 0 Å². The lowest BCUT2D eigenvalue weighted by Crippen LogP contribution is -2.21. The number of methoxy groups -OCH3 is 1. The molecule has 1 rings (SSSR count). The summed E-state index contributed by atoms with van der Waals surface area (Å²) >= 11 is 0. The predicted molar refractivity (Wildman–Crippen MR) is 55.0 cm³/mol. The van der Waals surface area contributed by atoms with Crippen LogP contribution in [-0.2, 0) is 6.42 Å². The second-order valence-corrected chi connectivity index (χ2v) is 3.18. The molecule has 2 N–H and O–H groups in total. The summed E-state index contributed by atoms with van der Waals surface area (Å²) in [5.41, 5.74) is 7.07. The first-order chi connectivity index (χ1) is 6.27. The quantitative estimate of drug-likeness (QED) is 0.767. The van der Waals surface area contributed by atoms with Gasteiger partial charge in [-0.2, -0.15) is 0 Å². The Bertz CT molecular complexity index is 260. The van der Waals surface area contributed by atoms with Gasteiger partial charge in [0, 0.05) is 6.04 Å². The molecule has 0 saturated heterocycles. The van der Waals surface area contributed by atoms with Gasteiger partial charge in [0.2, 0.25) is 0 Å². The summed E-state index contributed by atoms with van der Waals surface area (Å²) in [6.45, 7) is 2.10. The molecule has 0 amide bonds. The summed E-state index contributed by atoms with van der Waals surface area (Å²) < 4.78 is 5.24. The van der Waals surface area contributed by atoms with Crippen molar-refractivity contribution in [2.45, 2.75) is 25.8 Å². The van der Waals surface area contributed by atoms with E-state index in [0.717, 1.165) is 18.6 Å². The molecule has 0 saturated carbocycles. The van der Waals surface area contributed by atoms with Gasteiger partial charge in [-0.15, -0.1) is 0 Å². The Morgan fingerprint density at radius 1 is 1.38 bits per heavy atom. The standard InChI is InChI=1S/C11H17NO/c1-3-10(12)8-9-6-4-5-7-11(9)13-2/h4-7,10H,3,8,12H2,1-2H3. The zero-order chi connectivity index (χ0) is 9.68. The lowest BCUT2D eigenvalue weighted by Gasteiger charge is -2.11. The van der Waals surface area contributed by atoms with Gasteiger partial charge >= 0.3 is 0 Å². The molecular formula is C11H17NO. The number of benzene rings is 1. The van der Waals surface area contributed by atoms with Crippen LogP contribution in [0.3, 0.4) is 0 Å². The maximum absolute atomic E-state index is 5.87. The first-order valence-corrected chi connectivity index (χ1v) is 4.65. The molecule has 0 radical (unpaired) electrons. The molecule has 2 heteroatoms. The molecule has 2 nitrogen and oxygen atoms in total. The van der Waals surface area contributed by atoms with E-state index in [1.54, 1.807) is 7.11 Å². The van der Waals surface area contributed by atoms with Crippen LogP contribution in [0.5, 0.6) is 5.75 Å². The molecule has 72 valence electrons. The van der Waals surface area contributed by atoms with Crippen molar-refractivity contribution in [1.82, 2.24) is 0 Å². The summed E-state index contributed by atoms with van der Waals surface area (Å²) in [5, 5.41) is 0. The van der Waals surface area contributed by atoms with Crippen LogP contribution in [0.2, 0.25) is 0 Å². The molecule has 1 aromatic carbocycles. The number of para-hydroxylation sites is 1. The van der Waals surface area contributed by atoms with E-state index in [2.05, 4.69) is 13.0 Å². The summed E-state index contributed by atoms with van der Waals surface area (Å²) in [5.74, 6) is 0.936. The minimum Gasteiger partial charge on any atom is -0.496 e. The molecule has 0 aliphatic heterocycles. The Kier molecular flexibility index (Phi) is 3.77. The van der Waals surface area contributed by atoms with Gasteiger partial charge in [-0.25, -0.2) is 0 Å². The molecule has 1 unspecified atom stereocenters. The SMILES string of the molecule is CCC(N)Cc1ccccc1OC. The van der Waals surface area contributed by atoms with E-state index in [1.165, 1.54) is 5.56 Å². The molecule has 0 heterocycles. The molecule has 13 heavy (non-hydrogen) atoms. The fraction of sp³-hybridized carbons (Fsp3) is 0.455. The van der Waals surface area contributed by atoms with E-state index in [1.807, 2.05) is 18.2 Å². The Balaban J connectivity index is 2.74. The molecule has 1 aromatic rings. The topological polar surface area (TPSA) is 35.2 Å². The minimum atomic E-state index is 0.233. The number of hydrogen-bond donors (Lipinski definition) is 1. The van der Waals surface area contributed by atoms with Gasteiger partial charge in [-0.05, 0) is 24.5 Å². The van der Waals surface area contributed by atoms with E-state index >= 15 is 0 Å². The lowest BCUT2D eigenvalue weighted by molar-refractivity contribution is 0.407. The molecule has 0 aliphatic rings. The predicted octanol–water partition coefficient (Wildman–Crippen LogP) is 1.98. The number of ether oxygens (including phenoxy) is 1. The van der Waals surface area contributed by atoms with Crippen LogP contribution in [0.4, 0.5) is 0 Å². The van der Waals surface area contributed by atoms with Gasteiger partial charge in [0.15, 0.2) is 0 Å². The van der Waals surface area contributed by atoms with E-state index in [9.17, 15) is 0 Å². The van der Waals surface area contributed by atoms with E-state index in [-0.39, 0.29) is 6.04 Å². The van der Waals surface area contributed by atoms with Gasteiger partial charge in [-0.3, -0.25) is 0 Å². The average Bonchev–Trinajstić information content (AvgIpc) is 2.18. The van der Waals surface area contributed by atoms with Crippen molar-refractivity contribution in [3.05, 3.63) is 29.8 Å². The molecule has 0 spiro atoms. The molecule has 1 atom stereocenters. The van der Waals surface area contributed by atoms with Gasteiger partial charge < -0.3 is 10.5 Å². The lowest BCUT2D eigenvalue weighted by atomic mass is 10.0. The fourth-order valence-corrected chi connectivity index (χ4v) is 1.30. The first kappa shape index (κ1) is 10.1. The normalized spacial score (nSPS) is 12.5. The third kappa shape index (κ3) is 2.74. The van der Waals surface area contributed by atoms with Gasteiger partial charge in [0.1, 0.15) is 5.75 Å². The van der Waals surface area contributed by atoms with Crippen molar-refractivity contribution >= 4 is 0 Å². The summed E-state index contributed by atoms with van der Waals surface area (Å²) in [7, 11) is 1.69. The Hall–Kier alpha value is -1.02. The van der Waals surface area contributed by atoms with Crippen LogP contribution in [0.15, 0.2) is 24.3 Å². The third-order valence-electron chi connectivity index (χ3n) is 2.20. The molecular weight excluding hydrogens is 162 g/mol. The highest BCUT2D eigenvalue weighted by Crippen LogP contribution is 2.18. The number of nitrogens with two attached hydrogens (primary N) is 1. The zero-order valence-electron chi connectivity index (χ0n) is 8.29. The maximum atomic E-state index is 5.87. The molecule has 0 aliphatic carbocycles. The van der Waals surface area contributed by atoms with Gasteiger partial charge in [-0.1, -0.05) is 25.1 Å². The van der Waals surface area contributed by atoms with Crippen molar-refractivity contribution < 1.29 is 4.74 Å². The minimum absolute atomic E-state index is 0.233. The van der Waals surface area contributed by atoms with Crippen LogP contribution in [0.25, 0.3) is 0 Å². The average molecular weight is 179 g/mol. The van der Waals surface area contributed by atoms with E-state index in [4.69, 9.17) is 10.5 Å². The number of rotatable bonds is 4. The van der Waals surface area contributed by atoms with Crippen LogP contribution in [-0.4, -0.2) is 13.2 Å². The van der Waals surface area contributed by atoms with Gasteiger partial charge in [0.05, 0.1) is 7.11 Å². The van der Waals surface area contributed by atoms with Crippen molar-refractivity contribution in [1.29, 1.82) is 0 Å². The highest BCUT2D eigenvalue weighted by molar-refractivity contribution is 5.33. The zero-order valence-corrected chi connectivity index (χ0v) is 8.29. The van der Waals surface area contributed by atoms with E-state index in [0.29, 0.717) is 0 Å². The summed E-state index contributed by atoms with van der Waals surface area (Å²) in [4.78, 5) is 0. The maximum Gasteiger partial charge on any atom is 0.122 e. The fourth-order valence-electron chi connectivity index (χ4n) is 1.30. The molecule has 0 bridgehead atoms. The van der Waals surface area contributed by atoms with Crippen molar-refractivity contribution in [3.63, 3.8) is 0 Å². The monoisotopic (exact) mass is 179 g/mol. The van der Waals surface area contributed by atoms with Crippen LogP contribution in [0, 0.1) is 0 Å².